The molecule has 22 heavy (non-hydrogen) atoms. The highest BCUT2D eigenvalue weighted by atomic mass is 35.5. The summed E-state index contributed by atoms with van der Waals surface area (Å²) in [6.45, 7) is -0.112. The van der Waals surface area contributed by atoms with Gasteiger partial charge in [-0.3, -0.25) is 10.1 Å². The van der Waals surface area contributed by atoms with Gasteiger partial charge < -0.3 is 10.1 Å². The van der Waals surface area contributed by atoms with E-state index in [1.807, 2.05) is 0 Å². The lowest BCUT2D eigenvalue weighted by Gasteiger charge is -2.07. The maximum absolute atomic E-state index is 11.9. The number of amides is 2. The van der Waals surface area contributed by atoms with Gasteiger partial charge in [0, 0.05) is 5.02 Å². The summed E-state index contributed by atoms with van der Waals surface area (Å²) < 4.78 is 5.66. The number of carbonyl (C=O) groups is 2. The van der Waals surface area contributed by atoms with Crippen molar-refractivity contribution in [1.82, 2.24) is 15.0 Å². The molecular formula is C12H11Cl2N5O3. The van der Waals surface area contributed by atoms with Crippen molar-refractivity contribution >= 4 is 46.7 Å². The minimum Gasteiger partial charge on any atom is -0.453 e. The molecule has 1 aromatic heterocycles. The summed E-state index contributed by atoms with van der Waals surface area (Å²) >= 11 is 11.8. The first-order valence-electron chi connectivity index (χ1n) is 5.98. The van der Waals surface area contributed by atoms with Crippen molar-refractivity contribution < 1.29 is 14.3 Å². The Hall–Kier alpha value is -2.32. The zero-order chi connectivity index (χ0) is 16.1. The Morgan fingerprint density at radius 3 is 2.82 bits per heavy atom. The number of aromatic nitrogens is 3. The highest BCUT2D eigenvalue weighted by molar-refractivity contribution is 6.35. The molecule has 0 fully saturated rings. The monoisotopic (exact) mass is 343 g/mol. The Kier molecular flexibility index (Phi) is 5.18. The molecule has 0 saturated carbocycles. The van der Waals surface area contributed by atoms with Gasteiger partial charge in [0.15, 0.2) is 5.82 Å². The standard InChI is InChI=1S/C12H11Cl2N5O3/c1-22-12(21)16-10-5-19(18-17-10)6-11(20)15-9-4-7(13)2-3-8(9)14/h2-5H,6H2,1H3,(H,15,20)(H,16,21). The number of benzene rings is 1. The van der Waals surface area contributed by atoms with Gasteiger partial charge in [-0.25, -0.2) is 9.48 Å². The van der Waals surface area contributed by atoms with Crippen LogP contribution in [0.15, 0.2) is 24.4 Å². The second kappa shape index (κ2) is 7.10. The number of carbonyl (C=O) groups excluding carboxylic acids is 2. The summed E-state index contributed by atoms with van der Waals surface area (Å²) in [4.78, 5) is 22.9. The van der Waals surface area contributed by atoms with E-state index in [1.165, 1.54) is 24.1 Å². The van der Waals surface area contributed by atoms with E-state index >= 15 is 0 Å². The Bertz CT molecular complexity index is 704. The predicted molar refractivity (Wildman–Crippen MR) is 81.1 cm³/mol. The number of methoxy groups -OCH3 is 1. The first-order valence-corrected chi connectivity index (χ1v) is 6.73. The molecule has 0 atom stereocenters. The second-order valence-electron chi connectivity index (χ2n) is 4.09. The molecule has 0 spiro atoms. The molecule has 0 aliphatic rings. The summed E-state index contributed by atoms with van der Waals surface area (Å²) in [5, 5.41) is 13.1. The normalized spacial score (nSPS) is 10.1. The zero-order valence-electron chi connectivity index (χ0n) is 11.3. The topological polar surface area (TPSA) is 98.1 Å². The lowest BCUT2D eigenvalue weighted by molar-refractivity contribution is -0.116. The van der Waals surface area contributed by atoms with Crippen molar-refractivity contribution in [1.29, 1.82) is 0 Å². The van der Waals surface area contributed by atoms with Crippen molar-refractivity contribution in [3.63, 3.8) is 0 Å². The molecule has 1 heterocycles. The average molecular weight is 344 g/mol. The maximum atomic E-state index is 11.9. The molecule has 1 aromatic carbocycles. The quantitative estimate of drug-likeness (QED) is 0.888. The van der Waals surface area contributed by atoms with E-state index in [4.69, 9.17) is 23.2 Å². The fraction of sp³-hybridized carbons (Fsp3) is 0.167. The smallest absolute Gasteiger partial charge is 0.412 e. The Balaban J connectivity index is 1.97. The number of nitrogens with one attached hydrogen (secondary N) is 2. The van der Waals surface area contributed by atoms with Crippen LogP contribution in [0.3, 0.4) is 0 Å². The average Bonchev–Trinajstić information content (AvgIpc) is 2.89. The highest BCUT2D eigenvalue weighted by Gasteiger charge is 2.10. The van der Waals surface area contributed by atoms with Crippen molar-refractivity contribution in [3.05, 3.63) is 34.4 Å². The molecule has 10 heteroatoms. The molecule has 0 bridgehead atoms. The maximum Gasteiger partial charge on any atom is 0.412 e. The molecule has 2 amide bonds. The van der Waals surface area contributed by atoms with Crippen LogP contribution in [0, 0.1) is 0 Å². The first kappa shape index (κ1) is 16.1. The lowest BCUT2D eigenvalue weighted by Crippen LogP contribution is -2.19. The molecule has 0 unspecified atom stereocenters. The number of nitrogens with zero attached hydrogens (tertiary/aromatic N) is 3. The van der Waals surface area contributed by atoms with Crippen molar-refractivity contribution in [2.24, 2.45) is 0 Å². The van der Waals surface area contributed by atoms with Gasteiger partial charge in [0.05, 0.1) is 24.0 Å². The second-order valence-corrected chi connectivity index (χ2v) is 4.93. The van der Waals surface area contributed by atoms with E-state index in [2.05, 4.69) is 25.7 Å². The Morgan fingerprint density at radius 2 is 2.09 bits per heavy atom. The molecule has 0 saturated heterocycles. The summed E-state index contributed by atoms with van der Waals surface area (Å²) in [6.07, 6.45) is 0.706. The van der Waals surface area contributed by atoms with Crippen LogP contribution in [-0.4, -0.2) is 34.1 Å². The van der Waals surface area contributed by atoms with Gasteiger partial charge in [-0.2, -0.15) is 0 Å². The van der Waals surface area contributed by atoms with Gasteiger partial charge in [0.1, 0.15) is 6.54 Å². The summed E-state index contributed by atoms with van der Waals surface area (Å²) in [5.41, 5.74) is 0.396. The molecule has 0 aliphatic carbocycles. The van der Waals surface area contributed by atoms with Gasteiger partial charge >= 0.3 is 6.09 Å². The summed E-state index contributed by atoms with van der Waals surface area (Å²) in [6, 6.07) is 4.72. The van der Waals surface area contributed by atoms with Crippen molar-refractivity contribution in [3.8, 4) is 0 Å². The summed E-state index contributed by atoms with van der Waals surface area (Å²) in [7, 11) is 1.22. The fourth-order valence-electron chi connectivity index (χ4n) is 1.52. The number of ether oxygens (including phenoxy) is 1. The molecule has 2 N–H and O–H groups in total. The van der Waals surface area contributed by atoms with E-state index in [9.17, 15) is 9.59 Å². The van der Waals surface area contributed by atoms with Crippen LogP contribution in [0.2, 0.25) is 10.0 Å². The van der Waals surface area contributed by atoms with Crippen LogP contribution >= 0.6 is 23.2 Å². The summed E-state index contributed by atoms with van der Waals surface area (Å²) in [5.74, 6) is -0.209. The van der Waals surface area contributed by atoms with Crippen LogP contribution < -0.4 is 10.6 Å². The number of hydrogen-bond acceptors (Lipinski definition) is 5. The minimum absolute atomic E-state index is 0.112. The molecule has 116 valence electrons. The Morgan fingerprint density at radius 1 is 1.32 bits per heavy atom. The van der Waals surface area contributed by atoms with Crippen LogP contribution in [0.4, 0.5) is 16.3 Å². The number of hydrogen-bond donors (Lipinski definition) is 2. The van der Waals surface area contributed by atoms with Gasteiger partial charge in [-0.05, 0) is 18.2 Å². The first-order chi connectivity index (χ1) is 10.5. The molecule has 0 aliphatic heterocycles. The predicted octanol–water partition coefficient (Wildman–Crippen LogP) is 2.40. The fourth-order valence-corrected chi connectivity index (χ4v) is 1.86. The molecule has 0 radical (unpaired) electrons. The molecule has 2 aromatic rings. The lowest BCUT2D eigenvalue weighted by atomic mass is 10.3. The van der Waals surface area contributed by atoms with Gasteiger partial charge in [0.25, 0.3) is 0 Å². The van der Waals surface area contributed by atoms with E-state index < -0.39 is 6.09 Å². The van der Waals surface area contributed by atoms with E-state index in [0.29, 0.717) is 15.7 Å². The zero-order valence-corrected chi connectivity index (χ0v) is 12.9. The third-order valence-electron chi connectivity index (χ3n) is 2.46. The van der Waals surface area contributed by atoms with E-state index in [-0.39, 0.29) is 18.3 Å². The van der Waals surface area contributed by atoms with E-state index in [0.717, 1.165) is 0 Å². The SMILES string of the molecule is COC(=O)Nc1cn(CC(=O)Nc2cc(Cl)ccc2Cl)nn1. The third kappa shape index (κ3) is 4.34. The third-order valence-corrected chi connectivity index (χ3v) is 3.03. The van der Waals surface area contributed by atoms with Crippen molar-refractivity contribution in [2.45, 2.75) is 6.54 Å². The Labute approximate surface area is 135 Å². The number of halogens is 2. The van der Waals surface area contributed by atoms with Gasteiger partial charge in [-0.15, -0.1) is 5.10 Å². The van der Waals surface area contributed by atoms with Gasteiger partial charge in [0.2, 0.25) is 5.91 Å². The van der Waals surface area contributed by atoms with Gasteiger partial charge in [-0.1, -0.05) is 28.4 Å². The van der Waals surface area contributed by atoms with Crippen LogP contribution in [0.5, 0.6) is 0 Å². The largest absolute Gasteiger partial charge is 0.453 e. The molecule has 8 nitrogen and oxygen atoms in total. The minimum atomic E-state index is -0.679. The van der Waals surface area contributed by atoms with Crippen LogP contribution in [0.1, 0.15) is 0 Å². The molecule has 2 rings (SSSR count). The number of rotatable bonds is 4. The van der Waals surface area contributed by atoms with E-state index in [1.54, 1.807) is 12.1 Å². The highest BCUT2D eigenvalue weighted by Crippen LogP contribution is 2.25. The van der Waals surface area contributed by atoms with Crippen molar-refractivity contribution in [2.75, 3.05) is 17.7 Å². The number of anilines is 2. The van der Waals surface area contributed by atoms with Crippen LogP contribution in [0.25, 0.3) is 0 Å². The van der Waals surface area contributed by atoms with Crippen LogP contribution in [-0.2, 0) is 16.1 Å². The molecular weight excluding hydrogens is 333 g/mol.